The molecule has 0 aromatic rings. The van der Waals surface area contributed by atoms with Crippen molar-refractivity contribution in [3.05, 3.63) is 12.7 Å². The summed E-state index contributed by atoms with van der Waals surface area (Å²) in [4.78, 5) is 22.9. The monoisotopic (exact) mass is 253 g/mol. The van der Waals surface area contributed by atoms with Gasteiger partial charge in [0.1, 0.15) is 6.04 Å². The summed E-state index contributed by atoms with van der Waals surface area (Å²) < 4.78 is 9.64. The molecule has 0 aliphatic heterocycles. The Labute approximate surface area is 108 Å². The number of hydrogen-bond acceptors (Lipinski definition) is 4. The molecule has 5 nitrogen and oxygen atoms in total. The summed E-state index contributed by atoms with van der Waals surface area (Å²) in [5, 5.41) is 2.37. The number of carbonyl (C=O) groups excluding carboxylic acids is 2. The van der Waals surface area contributed by atoms with Crippen molar-refractivity contribution in [2.75, 3.05) is 13.2 Å². The van der Waals surface area contributed by atoms with Gasteiger partial charge in [0.15, 0.2) is 6.61 Å². The maximum Gasteiger partial charge on any atom is 0.408 e. The standard InChI is InChI=1S/C13H19NO4/c1-5-7-11(12(15)18-9-10(3)4)14-13(16)17-8-6-2/h2,5,10-11H,1,7-9H2,3-4H3,(H,14,16). The molecule has 0 rings (SSSR count). The topological polar surface area (TPSA) is 64.6 Å². The molecule has 0 saturated heterocycles. The van der Waals surface area contributed by atoms with Crippen LogP contribution >= 0.6 is 0 Å². The van der Waals surface area contributed by atoms with Crippen molar-refractivity contribution in [3.63, 3.8) is 0 Å². The van der Waals surface area contributed by atoms with E-state index in [2.05, 4.69) is 22.6 Å². The van der Waals surface area contributed by atoms with Crippen molar-refractivity contribution >= 4 is 12.1 Å². The molecule has 1 atom stereocenters. The predicted molar refractivity (Wildman–Crippen MR) is 67.7 cm³/mol. The van der Waals surface area contributed by atoms with E-state index in [1.165, 1.54) is 6.08 Å². The van der Waals surface area contributed by atoms with Crippen LogP contribution in [0.1, 0.15) is 20.3 Å². The first kappa shape index (κ1) is 16.0. The molecule has 0 aromatic heterocycles. The van der Waals surface area contributed by atoms with Crippen molar-refractivity contribution < 1.29 is 19.1 Å². The van der Waals surface area contributed by atoms with Crippen LogP contribution in [0.15, 0.2) is 12.7 Å². The number of rotatable bonds is 7. The van der Waals surface area contributed by atoms with Gasteiger partial charge in [-0.2, -0.15) is 0 Å². The van der Waals surface area contributed by atoms with Gasteiger partial charge in [-0.25, -0.2) is 9.59 Å². The SMILES string of the molecule is C#CCOC(=O)NC(CC=C)C(=O)OCC(C)C. The number of nitrogens with one attached hydrogen (secondary N) is 1. The lowest BCUT2D eigenvalue weighted by atomic mass is 10.2. The maximum absolute atomic E-state index is 11.7. The third kappa shape index (κ3) is 7.34. The van der Waals surface area contributed by atoms with Crippen molar-refractivity contribution in [2.45, 2.75) is 26.3 Å². The quantitative estimate of drug-likeness (QED) is 0.424. The zero-order valence-electron chi connectivity index (χ0n) is 10.8. The number of alkyl carbamates (subject to hydrolysis) is 1. The van der Waals surface area contributed by atoms with Crippen LogP contribution in [0.5, 0.6) is 0 Å². The lowest BCUT2D eigenvalue weighted by molar-refractivity contribution is -0.147. The molecule has 0 heterocycles. The Hall–Kier alpha value is -1.96. The number of carbonyl (C=O) groups is 2. The third-order valence-electron chi connectivity index (χ3n) is 1.82. The van der Waals surface area contributed by atoms with Crippen LogP contribution in [0.2, 0.25) is 0 Å². The second kappa shape index (κ2) is 9.11. The van der Waals surface area contributed by atoms with Gasteiger partial charge in [-0.1, -0.05) is 25.8 Å². The number of esters is 1. The van der Waals surface area contributed by atoms with E-state index in [0.717, 1.165) is 0 Å². The number of ether oxygens (including phenoxy) is 2. The molecule has 0 aliphatic rings. The van der Waals surface area contributed by atoms with Gasteiger partial charge in [0.05, 0.1) is 6.61 Å². The number of amides is 1. The highest BCUT2D eigenvalue weighted by atomic mass is 16.6. The average Bonchev–Trinajstić information content (AvgIpc) is 2.32. The van der Waals surface area contributed by atoms with Gasteiger partial charge in [0.2, 0.25) is 0 Å². The minimum absolute atomic E-state index is 0.145. The van der Waals surface area contributed by atoms with Crippen molar-refractivity contribution in [3.8, 4) is 12.3 Å². The Morgan fingerprint density at radius 3 is 2.61 bits per heavy atom. The fraction of sp³-hybridized carbons (Fsp3) is 0.538. The van der Waals surface area contributed by atoms with E-state index in [1.54, 1.807) is 0 Å². The highest BCUT2D eigenvalue weighted by Crippen LogP contribution is 2.00. The van der Waals surface area contributed by atoms with E-state index in [9.17, 15) is 9.59 Å². The van der Waals surface area contributed by atoms with E-state index in [-0.39, 0.29) is 18.9 Å². The summed E-state index contributed by atoms with van der Waals surface area (Å²) in [5.74, 6) is 1.87. The smallest absolute Gasteiger partial charge is 0.408 e. The molecule has 1 amide bonds. The van der Waals surface area contributed by atoms with Crippen LogP contribution in [0, 0.1) is 18.3 Å². The van der Waals surface area contributed by atoms with E-state index in [0.29, 0.717) is 6.61 Å². The van der Waals surface area contributed by atoms with Gasteiger partial charge in [-0.05, 0) is 12.3 Å². The van der Waals surface area contributed by atoms with Gasteiger partial charge in [-0.3, -0.25) is 0 Å². The zero-order valence-corrected chi connectivity index (χ0v) is 10.8. The summed E-state index contributed by atoms with van der Waals surface area (Å²) in [5.41, 5.74) is 0. The van der Waals surface area contributed by atoms with Gasteiger partial charge < -0.3 is 14.8 Å². The summed E-state index contributed by atoms with van der Waals surface area (Å²) in [6.07, 6.45) is 5.98. The largest absolute Gasteiger partial charge is 0.464 e. The molecule has 1 unspecified atom stereocenters. The van der Waals surface area contributed by atoms with Crippen LogP contribution in [-0.2, 0) is 14.3 Å². The Morgan fingerprint density at radius 2 is 2.11 bits per heavy atom. The maximum atomic E-state index is 11.7. The average molecular weight is 253 g/mol. The van der Waals surface area contributed by atoms with Crippen molar-refractivity contribution in [1.82, 2.24) is 5.32 Å². The minimum Gasteiger partial charge on any atom is -0.464 e. The molecule has 18 heavy (non-hydrogen) atoms. The predicted octanol–water partition coefficient (Wildman–Crippen LogP) is 1.49. The van der Waals surface area contributed by atoms with Gasteiger partial charge in [0.25, 0.3) is 0 Å². The summed E-state index contributed by atoms with van der Waals surface area (Å²) in [6.45, 7) is 7.51. The highest BCUT2D eigenvalue weighted by molar-refractivity contribution is 5.81. The minimum atomic E-state index is -0.800. The molecule has 0 spiro atoms. The fourth-order valence-corrected chi connectivity index (χ4v) is 1.02. The molecular formula is C13H19NO4. The van der Waals surface area contributed by atoms with E-state index < -0.39 is 18.1 Å². The van der Waals surface area contributed by atoms with E-state index >= 15 is 0 Å². The van der Waals surface area contributed by atoms with Gasteiger partial charge >= 0.3 is 12.1 Å². The van der Waals surface area contributed by atoms with Crippen LogP contribution in [-0.4, -0.2) is 31.3 Å². The Kier molecular flexibility index (Phi) is 8.12. The van der Waals surface area contributed by atoms with E-state index in [1.807, 2.05) is 13.8 Å². The summed E-state index contributed by atoms with van der Waals surface area (Å²) in [6, 6.07) is -0.800. The first-order valence-electron chi connectivity index (χ1n) is 5.65. The molecule has 0 aromatic carbocycles. The van der Waals surface area contributed by atoms with Gasteiger partial charge in [-0.15, -0.1) is 13.0 Å². The van der Waals surface area contributed by atoms with Crippen LogP contribution in [0.4, 0.5) is 4.79 Å². The van der Waals surface area contributed by atoms with Crippen LogP contribution in [0.25, 0.3) is 0 Å². The molecule has 5 heteroatoms. The first-order valence-corrected chi connectivity index (χ1v) is 5.65. The van der Waals surface area contributed by atoms with Crippen molar-refractivity contribution in [1.29, 1.82) is 0 Å². The molecular weight excluding hydrogens is 234 g/mol. The number of terminal acetylenes is 1. The number of hydrogen-bond donors (Lipinski definition) is 1. The molecule has 0 aliphatic carbocycles. The lowest BCUT2D eigenvalue weighted by Crippen LogP contribution is -2.42. The Morgan fingerprint density at radius 1 is 1.44 bits per heavy atom. The Bertz CT molecular complexity index is 330. The molecule has 100 valence electrons. The summed E-state index contributed by atoms with van der Waals surface area (Å²) in [7, 11) is 0. The molecule has 0 saturated carbocycles. The molecule has 1 N–H and O–H groups in total. The van der Waals surface area contributed by atoms with Crippen LogP contribution < -0.4 is 5.32 Å². The fourth-order valence-electron chi connectivity index (χ4n) is 1.02. The second-order valence-electron chi connectivity index (χ2n) is 4.03. The van der Waals surface area contributed by atoms with Crippen LogP contribution in [0.3, 0.4) is 0 Å². The van der Waals surface area contributed by atoms with E-state index in [4.69, 9.17) is 11.2 Å². The third-order valence-corrected chi connectivity index (χ3v) is 1.82. The normalized spacial score (nSPS) is 11.2. The molecule has 0 fully saturated rings. The lowest BCUT2D eigenvalue weighted by Gasteiger charge is -2.16. The molecule has 0 bridgehead atoms. The second-order valence-corrected chi connectivity index (χ2v) is 4.03. The van der Waals surface area contributed by atoms with Gasteiger partial charge in [0, 0.05) is 0 Å². The molecule has 0 radical (unpaired) electrons. The highest BCUT2D eigenvalue weighted by Gasteiger charge is 2.21. The Balaban J connectivity index is 4.28. The van der Waals surface area contributed by atoms with Crippen molar-refractivity contribution in [2.24, 2.45) is 5.92 Å². The summed E-state index contributed by atoms with van der Waals surface area (Å²) >= 11 is 0. The first-order chi connectivity index (χ1) is 8.51. The zero-order chi connectivity index (χ0) is 14.0.